The van der Waals surface area contributed by atoms with Gasteiger partial charge in [-0.25, -0.2) is 0 Å². The first-order valence-electron chi connectivity index (χ1n) is 5.60. The summed E-state index contributed by atoms with van der Waals surface area (Å²) >= 11 is 0. The summed E-state index contributed by atoms with van der Waals surface area (Å²) in [6, 6.07) is 8.21. The summed E-state index contributed by atoms with van der Waals surface area (Å²) < 4.78 is 0. The number of rotatable bonds is 5. The lowest BCUT2D eigenvalue weighted by atomic mass is 10.0. The molecule has 3 heteroatoms. The maximum Gasteiger partial charge on any atom is 0.222 e. The van der Waals surface area contributed by atoms with Gasteiger partial charge in [0.25, 0.3) is 0 Å². The van der Waals surface area contributed by atoms with Crippen LogP contribution in [-0.4, -0.2) is 17.6 Å². The monoisotopic (exact) mass is 221 g/mol. The lowest BCUT2D eigenvalue weighted by molar-refractivity contribution is -0.121. The Morgan fingerprint density at radius 2 is 1.94 bits per heavy atom. The molecule has 0 spiro atoms. The van der Waals surface area contributed by atoms with Gasteiger partial charge in [0, 0.05) is 13.0 Å². The quantitative estimate of drug-likeness (QED) is 0.796. The molecular formula is C13H19NO2. The second kappa shape index (κ2) is 6.28. The molecule has 1 rings (SSSR count). The molecule has 0 aromatic heterocycles. The number of amides is 1. The average Bonchev–Trinajstić information content (AvgIpc) is 2.27. The molecule has 16 heavy (non-hydrogen) atoms. The zero-order chi connectivity index (χ0) is 12.0. The maximum atomic E-state index is 11.1. The summed E-state index contributed by atoms with van der Waals surface area (Å²) in [6.45, 7) is 4.73. The number of hydrogen-bond acceptors (Lipinski definition) is 2. The molecule has 0 saturated carbocycles. The van der Waals surface area contributed by atoms with Crippen molar-refractivity contribution < 1.29 is 9.90 Å². The number of aliphatic hydroxyl groups is 1. The minimum Gasteiger partial charge on any atom is -0.396 e. The molecular weight excluding hydrogens is 202 g/mol. The first kappa shape index (κ1) is 12.7. The Balaban J connectivity index is 2.46. The van der Waals surface area contributed by atoms with Crippen LogP contribution in [0.3, 0.4) is 0 Å². The predicted octanol–water partition coefficient (Wildman–Crippen LogP) is 1.81. The van der Waals surface area contributed by atoms with E-state index in [0.29, 0.717) is 12.5 Å². The van der Waals surface area contributed by atoms with E-state index in [-0.39, 0.29) is 18.9 Å². The third-order valence-electron chi connectivity index (χ3n) is 2.47. The van der Waals surface area contributed by atoms with Gasteiger partial charge in [-0.1, -0.05) is 38.1 Å². The van der Waals surface area contributed by atoms with Gasteiger partial charge in [-0.3, -0.25) is 4.79 Å². The number of aliphatic hydroxyl groups excluding tert-OH is 1. The summed E-state index contributed by atoms with van der Waals surface area (Å²) in [5.41, 5.74) is 2.38. The predicted molar refractivity (Wildman–Crippen MR) is 64.1 cm³/mol. The molecule has 0 bridgehead atoms. The van der Waals surface area contributed by atoms with E-state index in [2.05, 4.69) is 31.3 Å². The lowest BCUT2D eigenvalue weighted by Crippen LogP contribution is -2.23. The van der Waals surface area contributed by atoms with Crippen LogP contribution in [0.1, 0.15) is 37.3 Å². The van der Waals surface area contributed by atoms with Crippen LogP contribution in [0.2, 0.25) is 0 Å². The Labute approximate surface area is 96.5 Å². The van der Waals surface area contributed by atoms with Crippen molar-refractivity contribution in [2.24, 2.45) is 0 Å². The first-order chi connectivity index (χ1) is 7.63. The molecule has 1 amide bonds. The molecule has 0 saturated heterocycles. The molecule has 3 nitrogen and oxygen atoms in total. The van der Waals surface area contributed by atoms with Gasteiger partial charge in [0.15, 0.2) is 0 Å². The fourth-order valence-corrected chi connectivity index (χ4v) is 1.41. The number of nitrogens with one attached hydrogen (secondary N) is 1. The number of benzene rings is 1. The van der Waals surface area contributed by atoms with Crippen LogP contribution in [0.15, 0.2) is 24.3 Å². The van der Waals surface area contributed by atoms with E-state index in [4.69, 9.17) is 5.11 Å². The third kappa shape index (κ3) is 4.03. The van der Waals surface area contributed by atoms with Crippen molar-refractivity contribution in [2.45, 2.75) is 32.7 Å². The van der Waals surface area contributed by atoms with Gasteiger partial charge in [0.1, 0.15) is 0 Å². The average molecular weight is 221 g/mol. The molecule has 0 unspecified atom stereocenters. The van der Waals surface area contributed by atoms with Gasteiger partial charge >= 0.3 is 0 Å². The molecule has 0 aliphatic carbocycles. The normalized spacial score (nSPS) is 10.5. The van der Waals surface area contributed by atoms with E-state index in [0.717, 1.165) is 5.56 Å². The van der Waals surface area contributed by atoms with Crippen molar-refractivity contribution >= 4 is 5.91 Å². The fourth-order valence-electron chi connectivity index (χ4n) is 1.41. The highest BCUT2D eigenvalue weighted by molar-refractivity contribution is 5.75. The van der Waals surface area contributed by atoms with Gasteiger partial charge < -0.3 is 10.4 Å². The molecule has 0 fully saturated rings. The summed E-state index contributed by atoms with van der Waals surface area (Å²) in [4.78, 5) is 11.1. The zero-order valence-corrected chi connectivity index (χ0v) is 9.86. The first-order valence-corrected chi connectivity index (χ1v) is 5.60. The molecule has 0 radical (unpaired) electrons. The number of carbonyl (C=O) groups is 1. The Bertz CT molecular complexity index is 330. The maximum absolute atomic E-state index is 11.1. The van der Waals surface area contributed by atoms with E-state index in [1.807, 2.05) is 12.1 Å². The smallest absolute Gasteiger partial charge is 0.222 e. The minimum absolute atomic E-state index is 0.0991. The zero-order valence-electron chi connectivity index (χ0n) is 9.86. The van der Waals surface area contributed by atoms with Crippen molar-refractivity contribution in [2.75, 3.05) is 6.61 Å². The third-order valence-corrected chi connectivity index (χ3v) is 2.47. The topological polar surface area (TPSA) is 49.3 Å². The Morgan fingerprint density at radius 3 is 2.44 bits per heavy atom. The minimum atomic E-state index is -0.115. The van der Waals surface area contributed by atoms with E-state index < -0.39 is 0 Å². The number of carbonyl (C=O) groups excluding carboxylic acids is 1. The van der Waals surface area contributed by atoms with Crippen LogP contribution in [0.25, 0.3) is 0 Å². The van der Waals surface area contributed by atoms with E-state index in [1.54, 1.807) is 0 Å². The SMILES string of the molecule is CC(C)c1ccc(CNC(=O)CCO)cc1. The standard InChI is InChI=1S/C13H19NO2/c1-10(2)12-5-3-11(4-6-12)9-14-13(16)7-8-15/h3-6,10,15H,7-9H2,1-2H3,(H,14,16). The van der Waals surface area contributed by atoms with E-state index >= 15 is 0 Å². The van der Waals surface area contributed by atoms with Crippen LogP contribution in [-0.2, 0) is 11.3 Å². The van der Waals surface area contributed by atoms with Crippen molar-refractivity contribution in [1.29, 1.82) is 0 Å². The molecule has 1 aromatic rings. The van der Waals surface area contributed by atoms with Gasteiger partial charge in [-0.05, 0) is 17.0 Å². The van der Waals surface area contributed by atoms with Crippen LogP contribution >= 0.6 is 0 Å². The van der Waals surface area contributed by atoms with Crippen molar-refractivity contribution in [3.8, 4) is 0 Å². The van der Waals surface area contributed by atoms with Crippen molar-refractivity contribution in [3.63, 3.8) is 0 Å². The molecule has 0 atom stereocenters. The fraction of sp³-hybridized carbons (Fsp3) is 0.462. The molecule has 0 aliphatic heterocycles. The molecule has 1 aromatic carbocycles. The summed E-state index contributed by atoms with van der Waals surface area (Å²) in [5, 5.41) is 11.3. The highest BCUT2D eigenvalue weighted by Crippen LogP contribution is 2.14. The Kier molecular flexibility index (Phi) is 4.99. The molecule has 0 heterocycles. The molecule has 0 aliphatic rings. The summed E-state index contributed by atoms with van der Waals surface area (Å²) in [5.74, 6) is 0.411. The molecule has 88 valence electrons. The van der Waals surface area contributed by atoms with E-state index in [1.165, 1.54) is 5.56 Å². The van der Waals surface area contributed by atoms with Crippen LogP contribution < -0.4 is 5.32 Å². The van der Waals surface area contributed by atoms with Crippen LogP contribution in [0, 0.1) is 0 Å². The van der Waals surface area contributed by atoms with Crippen molar-refractivity contribution in [1.82, 2.24) is 5.32 Å². The highest BCUT2D eigenvalue weighted by atomic mass is 16.3. The number of hydrogen-bond donors (Lipinski definition) is 2. The van der Waals surface area contributed by atoms with Gasteiger partial charge in [-0.2, -0.15) is 0 Å². The largest absolute Gasteiger partial charge is 0.396 e. The van der Waals surface area contributed by atoms with Crippen molar-refractivity contribution in [3.05, 3.63) is 35.4 Å². The van der Waals surface area contributed by atoms with E-state index in [9.17, 15) is 4.79 Å². The molecule has 2 N–H and O–H groups in total. The lowest BCUT2D eigenvalue weighted by Gasteiger charge is -2.07. The van der Waals surface area contributed by atoms with Gasteiger partial charge in [0.05, 0.1) is 6.61 Å². The van der Waals surface area contributed by atoms with Crippen LogP contribution in [0.5, 0.6) is 0 Å². The highest BCUT2D eigenvalue weighted by Gasteiger charge is 2.01. The van der Waals surface area contributed by atoms with Crippen LogP contribution in [0.4, 0.5) is 0 Å². The summed E-state index contributed by atoms with van der Waals surface area (Å²) in [7, 11) is 0. The Morgan fingerprint density at radius 1 is 1.31 bits per heavy atom. The van der Waals surface area contributed by atoms with Gasteiger partial charge in [-0.15, -0.1) is 0 Å². The second-order valence-electron chi connectivity index (χ2n) is 4.15. The second-order valence-corrected chi connectivity index (χ2v) is 4.15. The van der Waals surface area contributed by atoms with Gasteiger partial charge in [0.2, 0.25) is 5.91 Å². The Hall–Kier alpha value is -1.35. The summed E-state index contributed by atoms with van der Waals surface area (Å²) in [6.07, 6.45) is 0.171.